The number of nitrogens with two attached hydrogens (primary N) is 1. The summed E-state index contributed by atoms with van der Waals surface area (Å²) in [6, 6.07) is 6.77. The van der Waals surface area contributed by atoms with Gasteiger partial charge >= 0.3 is 0 Å². The van der Waals surface area contributed by atoms with Crippen LogP contribution in [0.1, 0.15) is 10.4 Å². The van der Waals surface area contributed by atoms with Gasteiger partial charge in [-0.1, -0.05) is 0 Å². The Morgan fingerprint density at radius 3 is 2.67 bits per heavy atom. The van der Waals surface area contributed by atoms with Crippen molar-refractivity contribution in [2.75, 3.05) is 11.1 Å². The fraction of sp³-hybridized carbons (Fsp3) is 0. The van der Waals surface area contributed by atoms with E-state index in [9.17, 15) is 4.79 Å². The molecule has 0 atom stereocenters. The van der Waals surface area contributed by atoms with Crippen LogP contribution in [0.4, 0.5) is 11.4 Å². The highest BCUT2D eigenvalue weighted by atomic mass is 79.9. The fourth-order valence-electron chi connectivity index (χ4n) is 1.36. The van der Waals surface area contributed by atoms with Gasteiger partial charge < -0.3 is 11.1 Å². The van der Waals surface area contributed by atoms with Crippen LogP contribution >= 0.6 is 31.9 Å². The summed E-state index contributed by atoms with van der Waals surface area (Å²) in [7, 11) is 0. The first-order valence-corrected chi connectivity index (χ1v) is 6.62. The lowest BCUT2D eigenvalue weighted by molar-refractivity contribution is 0.102. The van der Waals surface area contributed by atoms with Crippen LogP contribution in [0.25, 0.3) is 0 Å². The lowest BCUT2D eigenvalue weighted by Gasteiger charge is -2.07. The molecule has 92 valence electrons. The SMILES string of the molecule is Nc1cc(C(=O)Nc2ccncc2Br)ccc1Br. The molecule has 1 amide bonds. The Morgan fingerprint density at radius 1 is 1.22 bits per heavy atom. The summed E-state index contributed by atoms with van der Waals surface area (Å²) in [6.07, 6.45) is 3.22. The zero-order valence-electron chi connectivity index (χ0n) is 9.15. The maximum Gasteiger partial charge on any atom is 0.255 e. The van der Waals surface area contributed by atoms with Gasteiger partial charge in [0.25, 0.3) is 5.91 Å². The quantitative estimate of drug-likeness (QED) is 0.795. The minimum Gasteiger partial charge on any atom is -0.398 e. The number of nitrogens with one attached hydrogen (secondary N) is 1. The Morgan fingerprint density at radius 2 is 2.00 bits per heavy atom. The number of benzene rings is 1. The standard InChI is InChI=1S/C12H9Br2N3O/c13-8-2-1-7(5-10(8)15)12(18)17-11-3-4-16-6-9(11)14/h1-6H,15H2,(H,16,17,18). The lowest BCUT2D eigenvalue weighted by Crippen LogP contribution is -2.12. The van der Waals surface area contributed by atoms with Crippen LogP contribution in [-0.4, -0.2) is 10.9 Å². The van der Waals surface area contributed by atoms with E-state index < -0.39 is 0 Å². The summed E-state index contributed by atoms with van der Waals surface area (Å²) >= 11 is 6.60. The van der Waals surface area contributed by atoms with Crippen LogP contribution in [0, 0.1) is 0 Å². The second-order valence-electron chi connectivity index (χ2n) is 3.55. The Balaban J connectivity index is 2.22. The highest BCUT2D eigenvalue weighted by Crippen LogP contribution is 2.23. The molecule has 0 saturated carbocycles. The molecule has 0 aliphatic rings. The van der Waals surface area contributed by atoms with Crippen molar-refractivity contribution in [1.82, 2.24) is 4.98 Å². The van der Waals surface area contributed by atoms with Crippen LogP contribution in [0.5, 0.6) is 0 Å². The van der Waals surface area contributed by atoms with Crippen LogP contribution in [-0.2, 0) is 0 Å². The summed E-state index contributed by atoms with van der Waals surface area (Å²) in [6.45, 7) is 0. The highest BCUT2D eigenvalue weighted by molar-refractivity contribution is 9.11. The van der Waals surface area contributed by atoms with E-state index in [0.717, 1.165) is 8.95 Å². The van der Waals surface area contributed by atoms with E-state index in [0.29, 0.717) is 16.9 Å². The van der Waals surface area contributed by atoms with Gasteiger partial charge in [0.15, 0.2) is 0 Å². The van der Waals surface area contributed by atoms with Crippen molar-refractivity contribution in [2.45, 2.75) is 0 Å². The molecule has 2 rings (SSSR count). The van der Waals surface area contributed by atoms with E-state index >= 15 is 0 Å². The molecule has 0 bridgehead atoms. The van der Waals surface area contributed by atoms with Gasteiger partial charge in [-0.15, -0.1) is 0 Å². The average molecular weight is 371 g/mol. The second kappa shape index (κ2) is 5.49. The van der Waals surface area contributed by atoms with Crippen LogP contribution in [0.2, 0.25) is 0 Å². The molecule has 0 aliphatic heterocycles. The number of carbonyl (C=O) groups excluding carboxylic acids is 1. The average Bonchev–Trinajstić information content (AvgIpc) is 2.35. The largest absolute Gasteiger partial charge is 0.398 e. The summed E-state index contributed by atoms with van der Waals surface area (Å²) in [4.78, 5) is 15.9. The van der Waals surface area contributed by atoms with Gasteiger partial charge in [0, 0.05) is 28.1 Å². The first-order chi connectivity index (χ1) is 8.58. The molecular formula is C12H9Br2N3O. The lowest BCUT2D eigenvalue weighted by atomic mass is 10.2. The number of carbonyl (C=O) groups is 1. The molecule has 0 radical (unpaired) electrons. The molecule has 4 nitrogen and oxygen atoms in total. The second-order valence-corrected chi connectivity index (χ2v) is 5.25. The minimum absolute atomic E-state index is 0.221. The van der Waals surface area contributed by atoms with E-state index in [1.165, 1.54) is 0 Å². The van der Waals surface area contributed by atoms with Crippen molar-refractivity contribution >= 4 is 49.1 Å². The molecule has 18 heavy (non-hydrogen) atoms. The first-order valence-electron chi connectivity index (χ1n) is 5.04. The van der Waals surface area contributed by atoms with Crippen LogP contribution < -0.4 is 11.1 Å². The molecule has 1 aromatic heterocycles. The monoisotopic (exact) mass is 369 g/mol. The van der Waals surface area contributed by atoms with E-state index in [1.807, 2.05) is 0 Å². The fourth-order valence-corrected chi connectivity index (χ4v) is 1.95. The number of halogens is 2. The Kier molecular flexibility index (Phi) is 3.98. The molecule has 0 aliphatic carbocycles. The van der Waals surface area contributed by atoms with Gasteiger partial charge in [-0.3, -0.25) is 9.78 Å². The summed E-state index contributed by atoms with van der Waals surface area (Å²) in [5.74, 6) is -0.221. The van der Waals surface area contributed by atoms with Gasteiger partial charge in [0.1, 0.15) is 0 Å². The number of aromatic nitrogens is 1. The summed E-state index contributed by atoms with van der Waals surface area (Å²) in [5, 5.41) is 2.78. The van der Waals surface area contributed by atoms with Crippen LogP contribution in [0.3, 0.4) is 0 Å². The number of pyridine rings is 1. The molecule has 6 heteroatoms. The topological polar surface area (TPSA) is 68.0 Å². The molecule has 2 aromatic rings. The maximum absolute atomic E-state index is 12.0. The summed E-state index contributed by atoms with van der Waals surface area (Å²) < 4.78 is 1.49. The van der Waals surface area contributed by atoms with Crippen molar-refractivity contribution in [3.05, 3.63) is 51.2 Å². The third kappa shape index (κ3) is 2.88. The zero-order valence-corrected chi connectivity index (χ0v) is 12.3. The number of rotatable bonds is 2. The van der Waals surface area contributed by atoms with Crippen molar-refractivity contribution < 1.29 is 4.79 Å². The number of nitrogen functional groups attached to an aromatic ring is 1. The van der Waals surface area contributed by atoms with E-state index in [2.05, 4.69) is 42.2 Å². The zero-order chi connectivity index (χ0) is 13.1. The molecule has 1 heterocycles. The number of nitrogens with zero attached hydrogens (tertiary/aromatic N) is 1. The molecule has 0 unspecified atom stereocenters. The van der Waals surface area contributed by atoms with Gasteiger partial charge in [0.05, 0.1) is 10.2 Å². The smallest absolute Gasteiger partial charge is 0.255 e. The predicted octanol–water partition coefficient (Wildman–Crippen LogP) is 3.44. The number of anilines is 2. The first kappa shape index (κ1) is 13.0. The van der Waals surface area contributed by atoms with Crippen LogP contribution in [0.15, 0.2) is 45.6 Å². The summed E-state index contributed by atoms with van der Waals surface area (Å²) in [5.41, 5.74) is 7.42. The van der Waals surface area contributed by atoms with Crippen molar-refractivity contribution in [1.29, 1.82) is 0 Å². The Bertz CT molecular complexity index is 602. The third-order valence-electron chi connectivity index (χ3n) is 2.28. The van der Waals surface area contributed by atoms with E-state index in [-0.39, 0.29) is 5.91 Å². The van der Waals surface area contributed by atoms with Crippen molar-refractivity contribution in [2.24, 2.45) is 0 Å². The normalized spacial score (nSPS) is 10.1. The van der Waals surface area contributed by atoms with Gasteiger partial charge in [-0.05, 0) is 56.1 Å². The maximum atomic E-state index is 12.0. The third-order valence-corrected chi connectivity index (χ3v) is 3.63. The molecule has 0 spiro atoms. The minimum atomic E-state index is -0.221. The van der Waals surface area contributed by atoms with Gasteiger partial charge in [-0.2, -0.15) is 0 Å². The Labute approximate surface area is 121 Å². The number of hydrogen-bond acceptors (Lipinski definition) is 3. The molecule has 0 saturated heterocycles. The molecule has 0 fully saturated rings. The number of amides is 1. The number of hydrogen-bond donors (Lipinski definition) is 2. The molecule has 3 N–H and O–H groups in total. The van der Waals surface area contributed by atoms with Gasteiger partial charge in [-0.25, -0.2) is 0 Å². The van der Waals surface area contributed by atoms with E-state index in [1.54, 1.807) is 36.7 Å². The Hall–Kier alpha value is -1.40. The van der Waals surface area contributed by atoms with E-state index in [4.69, 9.17) is 5.73 Å². The van der Waals surface area contributed by atoms with Crippen molar-refractivity contribution in [3.63, 3.8) is 0 Å². The molecular weight excluding hydrogens is 362 g/mol. The van der Waals surface area contributed by atoms with Gasteiger partial charge in [0.2, 0.25) is 0 Å². The predicted molar refractivity (Wildman–Crippen MR) is 78.4 cm³/mol. The van der Waals surface area contributed by atoms with Crippen molar-refractivity contribution in [3.8, 4) is 0 Å². The molecule has 1 aromatic carbocycles. The highest BCUT2D eigenvalue weighted by Gasteiger charge is 2.09.